The van der Waals surface area contributed by atoms with E-state index in [4.69, 9.17) is 5.11 Å². The number of benzene rings is 2. The molecule has 1 aromatic heterocycles. The Balaban J connectivity index is 1.72. The molecule has 1 saturated carbocycles. The first-order chi connectivity index (χ1) is 14.3. The first-order valence-electron chi connectivity index (χ1n) is 9.60. The maximum absolute atomic E-state index is 12.5. The van der Waals surface area contributed by atoms with E-state index in [1.807, 2.05) is 16.7 Å². The Morgan fingerprint density at radius 1 is 1.20 bits per heavy atom. The Kier molecular flexibility index (Phi) is 5.59. The van der Waals surface area contributed by atoms with Gasteiger partial charge in [0.1, 0.15) is 6.54 Å². The number of halogens is 1. The smallest absolute Gasteiger partial charge is 0.322 e. The van der Waals surface area contributed by atoms with Gasteiger partial charge in [-0.15, -0.1) is 10.2 Å². The van der Waals surface area contributed by atoms with Crippen LogP contribution in [-0.2, 0) is 9.59 Å². The average molecular weight is 489 g/mol. The van der Waals surface area contributed by atoms with E-state index < -0.39 is 17.3 Å². The van der Waals surface area contributed by atoms with Gasteiger partial charge in [-0.05, 0) is 65.6 Å². The quantitative estimate of drug-likeness (QED) is 0.485. The number of amides is 1. The lowest BCUT2D eigenvalue weighted by atomic mass is 9.99. The second-order valence-corrected chi connectivity index (χ2v) is 10.1. The van der Waals surface area contributed by atoms with Gasteiger partial charge in [-0.25, -0.2) is 0 Å². The largest absolute Gasteiger partial charge is 0.480 e. The van der Waals surface area contributed by atoms with Crippen LogP contribution in [0.15, 0.2) is 46.3 Å². The lowest BCUT2D eigenvalue weighted by Gasteiger charge is -2.22. The molecule has 1 fully saturated rings. The van der Waals surface area contributed by atoms with Gasteiger partial charge in [0.05, 0.1) is 10.4 Å². The lowest BCUT2D eigenvalue weighted by Crippen LogP contribution is -2.42. The molecule has 2 N–H and O–H groups in total. The van der Waals surface area contributed by atoms with E-state index in [-0.39, 0.29) is 5.91 Å². The van der Waals surface area contributed by atoms with E-state index in [1.165, 1.54) is 35.6 Å². The zero-order chi connectivity index (χ0) is 21.5. The summed E-state index contributed by atoms with van der Waals surface area (Å²) >= 11 is 4.73. The molecule has 9 heteroatoms. The third kappa shape index (κ3) is 4.09. The van der Waals surface area contributed by atoms with E-state index in [2.05, 4.69) is 55.7 Å². The molecule has 0 unspecified atom stereocenters. The topological polar surface area (TPSA) is 97.1 Å². The number of thioether (sulfide) groups is 1. The van der Waals surface area contributed by atoms with E-state index in [1.54, 1.807) is 13.8 Å². The molecule has 3 aromatic rings. The van der Waals surface area contributed by atoms with Crippen LogP contribution in [0.2, 0.25) is 0 Å². The fourth-order valence-electron chi connectivity index (χ4n) is 3.42. The number of rotatable bonds is 7. The molecule has 30 heavy (non-hydrogen) atoms. The van der Waals surface area contributed by atoms with E-state index in [0.29, 0.717) is 15.8 Å². The molecule has 0 spiro atoms. The summed E-state index contributed by atoms with van der Waals surface area (Å²) < 4.78 is 1.48. The fraction of sp³-hybridized carbons (Fsp3) is 0.333. The SMILES string of the molecule is CC(C)(Sc1nnc(Br)n1-c1ccc(C2CC2)c2ccccc12)C(=O)NCC(=O)O. The predicted octanol–water partition coefficient (Wildman–Crippen LogP) is 4.13. The van der Waals surface area contributed by atoms with Crippen molar-refractivity contribution >= 4 is 50.3 Å². The number of nitrogens with zero attached hydrogens (tertiary/aromatic N) is 3. The van der Waals surface area contributed by atoms with Crippen LogP contribution < -0.4 is 5.32 Å². The first-order valence-corrected chi connectivity index (χ1v) is 11.2. The van der Waals surface area contributed by atoms with Gasteiger partial charge in [0.15, 0.2) is 5.16 Å². The second kappa shape index (κ2) is 8.03. The molecule has 156 valence electrons. The molecule has 0 radical (unpaired) electrons. The number of fused-ring (bicyclic) bond motifs is 1. The van der Waals surface area contributed by atoms with Crippen molar-refractivity contribution in [1.29, 1.82) is 0 Å². The number of carboxylic acid groups (broad SMARTS) is 1. The van der Waals surface area contributed by atoms with Crippen LogP contribution in [0.1, 0.15) is 38.2 Å². The third-order valence-electron chi connectivity index (χ3n) is 5.08. The molecular weight excluding hydrogens is 468 g/mol. The number of nitrogens with one attached hydrogen (secondary N) is 1. The molecule has 1 heterocycles. The molecule has 0 aliphatic heterocycles. The minimum absolute atomic E-state index is 0.380. The highest BCUT2D eigenvalue weighted by Gasteiger charge is 2.33. The maximum atomic E-state index is 12.5. The molecule has 4 rings (SSSR count). The number of carboxylic acids is 1. The number of aliphatic carboxylic acids is 1. The van der Waals surface area contributed by atoms with Crippen LogP contribution in [0.25, 0.3) is 16.5 Å². The first kappa shape index (κ1) is 20.9. The summed E-state index contributed by atoms with van der Waals surface area (Å²) in [7, 11) is 0. The van der Waals surface area contributed by atoms with Crippen molar-refractivity contribution < 1.29 is 14.7 Å². The number of carbonyl (C=O) groups excluding carboxylic acids is 1. The minimum Gasteiger partial charge on any atom is -0.480 e. The van der Waals surface area contributed by atoms with Crippen LogP contribution in [0.3, 0.4) is 0 Å². The van der Waals surface area contributed by atoms with Gasteiger partial charge in [0.25, 0.3) is 0 Å². The summed E-state index contributed by atoms with van der Waals surface area (Å²) in [6.45, 7) is 3.04. The number of carbonyl (C=O) groups is 2. The standard InChI is InChI=1S/C21H21BrN4O3S/c1-21(2,18(29)23-11-17(27)28)30-20-25-24-19(22)26(20)16-10-9-13(12-7-8-12)14-5-3-4-6-15(14)16/h3-6,9-10,12H,7-8,11H2,1-2H3,(H,23,29)(H,27,28). The van der Waals surface area contributed by atoms with Gasteiger partial charge in [-0.2, -0.15) is 0 Å². The van der Waals surface area contributed by atoms with Gasteiger partial charge in [-0.3, -0.25) is 14.2 Å². The summed E-state index contributed by atoms with van der Waals surface area (Å²) in [4.78, 5) is 23.3. The fourth-order valence-corrected chi connectivity index (χ4v) is 4.95. The van der Waals surface area contributed by atoms with Crippen molar-refractivity contribution in [2.24, 2.45) is 0 Å². The molecule has 0 bridgehead atoms. The summed E-state index contributed by atoms with van der Waals surface area (Å²) in [6.07, 6.45) is 2.45. The van der Waals surface area contributed by atoms with Crippen LogP contribution in [0.4, 0.5) is 0 Å². The predicted molar refractivity (Wildman–Crippen MR) is 119 cm³/mol. The van der Waals surface area contributed by atoms with Crippen LogP contribution >= 0.6 is 27.7 Å². The summed E-state index contributed by atoms with van der Waals surface area (Å²) in [5.74, 6) is -0.842. The highest BCUT2D eigenvalue weighted by atomic mass is 79.9. The average Bonchev–Trinajstić information content (AvgIpc) is 3.49. The lowest BCUT2D eigenvalue weighted by molar-refractivity contribution is -0.138. The molecule has 1 aliphatic rings. The third-order valence-corrected chi connectivity index (χ3v) is 6.74. The number of hydrogen-bond acceptors (Lipinski definition) is 5. The van der Waals surface area contributed by atoms with Gasteiger partial charge in [0, 0.05) is 5.39 Å². The highest BCUT2D eigenvalue weighted by Crippen LogP contribution is 2.44. The molecule has 2 aromatic carbocycles. The molecule has 1 amide bonds. The Labute approximate surface area is 186 Å². The Hall–Kier alpha value is -2.39. The highest BCUT2D eigenvalue weighted by molar-refractivity contribution is 9.10. The maximum Gasteiger partial charge on any atom is 0.322 e. The minimum atomic E-state index is -1.09. The number of aromatic nitrogens is 3. The Bertz CT molecular complexity index is 1140. The summed E-state index contributed by atoms with van der Waals surface area (Å²) in [5.41, 5.74) is 2.29. The van der Waals surface area contributed by atoms with Crippen molar-refractivity contribution in [3.8, 4) is 5.69 Å². The molecular formula is C21H21BrN4O3S. The van der Waals surface area contributed by atoms with Crippen molar-refractivity contribution in [2.45, 2.75) is 42.5 Å². The van der Waals surface area contributed by atoms with Gasteiger partial charge >= 0.3 is 5.97 Å². The Morgan fingerprint density at radius 2 is 1.90 bits per heavy atom. The van der Waals surface area contributed by atoms with Gasteiger partial charge in [0.2, 0.25) is 10.6 Å². The number of hydrogen-bond donors (Lipinski definition) is 2. The normalized spacial score (nSPS) is 14.1. The van der Waals surface area contributed by atoms with E-state index >= 15 is 0 Å². The van der Waals surface area contributed by atoms with Gasteiger partial charge < -0.3 is 10.4 Å². The zero-order valence-electron chi connectivity index (χ0n) is 16.6. The van der Waals surface area contributed by atoms with E-state index in [9.17, 15) is 9.59 Å². The molecule has 0 saturated heterocycles. The summed E-state index contributed by atoms with van der Waals surface area (Å²) in [6, 6.07) is 12.5. The zero-order valence-corrected chi connectivity index (χ0v) is 19.0. The monoisotopic (exact) mass is 488 g/mol. The Morgan fingerprint density at radius 3 is 2.57 bits per heavy atom. The van der Waals surface area contributed by atoms with Gasteiger partial charge in [-0.1, -0.05) is 42.1 Å². The van der Waals surface area contributed by atoms with Crippen LogP contribution in [-0.4, -0.2) is 43.0 Å². The van der Waals surface area contributed by atoms with Crippen LogP contribution in [0.5, 0.6) is 0 Å². The summed E-state index contributed by atoms with van der Waals surface area (Å²) in [5, 5.41) is 22.6. The molecule has 0 atom stereocenters. The van der Waals surface area contributed by atoms with E-state index in [0.717, 1.165) is 11.1 Å². The molecule has 1 aliphatic carbocycles. The van der Waals surface area contributed by atoms with Crippen molar-refractivity contribution in [3.63, 3.8) is 0 Å². The van der Waals surface area contributed by atoms with Crippen molar-refractivity contribution in [1.82, 2.24) is 20.1 Å². The molecule has 7 nitrogen and oxygen atoms in total. The van der Waals surface area contributed by atoms with Crippen molar-refractivity contribution in [2.75, 3.05) is 6.54 Å². The second-order valence-electron chi connectivity index (χ2n) is 7.77. The van der Waals surface area contributed by atoms with Crippen LogP contribution in [0, 0.1) is 0 Å². The van der Waals surface area contributed by atoms with Crippen molar-refractivity contribution in [3.05, 3.63) is 46.7 Å².